The van der Waals surface area contributed by atoms with E-state index in [1.165, 1.54) is 0 Å². The smallest absolute Gasteiger partial charge is 0.344 e. The number of fused-ring (bicyclic) bond motifs is 1. The van der Waals surface area contributed by atoms with Gasteiger partial charge in [-0.05, 0) is 29.3 Å². The van der Waals surface area contributed by atoms with Crippen LogP contribution in [0.2, 0.25) is 0 Å². The molecule has 2 nitrogen and oxygen atoms in total. The first-order valence-corrected chi connectivity index (χ1v) is 8.09. The van der Waals surface area contributed by atoms with Crippen LogP contribution in [0.1, 0.15) is 0 Å². The van der Waals surface area contributed by atoms with Crippen molar-refractivity contribution in [1.82, 2.24) is 0 Å². The van der Waals surface area contributed by atoms with E-state index in [0.29, 0.717) is 11.1 Å². The molecule has 0 aliphatic heterocycles. The summed E-state index contributed by atoms with van der Waals surface area (Å²) in [6.07, 6.45) is 0. The van der Waals surface area contributed by atoms with Gasteiger partial charge in [-0.2, -0.15) is 0 Å². The van der Waals surface area contributed by atoms with Crippen molar-refractivity contribution in [2.45, 2.75) is 4.90 Å². The summed E-state index contributed by atoms with van der Waals surface area (Å²) in [6, 6.07) is 25.1. The minimum absolute atomic E-state index is 0.334. The Morgan fingerprint density at radius 3 is 1.92 bits per heavy atom. The summed E-state index contributed by atoms with van der Waals surface area (Å²) in [6.45, 7) is 0. The number of hydrogen-bond acceptors (Lipinski definition) is 3. The van der Waals surface area contributed by atoms with Gasteiger partial charge >= 0.3 is 5.63 Å². The topological polar surface area (TPSA) is 30.2 Å². The van der Waals surface area contributed by atoms with Crippen molar-refractivity contribution in [2.75, 3.05) is 0 Å². The molecule has 0 radical (unpaired) electrons. The van der Waals surface area contributed by atoms with Crippen molar-refractivity contribution < 1.29 is 4.42 Å². The highest BCUT2D eigenvalue weighted by atomic mass is 32.1. The van der Waals surface area contributed by atoms with Gasteiger partial charge in [-0.15, -0.1) is 12.6 Å². The third-order valence-electron chi connectivity index (χ3n) is 4.01. The number of rotatable bonds is 2. The molecular formula is C21H14O2S. The Bertz CT molecular complexity index is 1070. The zero-order valence-corrected chi connectivity index (χ0v) is 13.7. The Morgan fingerprint density at radius 2 is 1.29 bits per heavy atom. The molecule has 0 aliphatic carbocycles. The molecule has 0 aliphatic rings. The number of hydrogen-bond donors (Lipinski definition) is 1. The van der Waals surface area contributed by atoms with Gasteiger partial charge in [-0.1, -0.05) is 60.7 Å². The molecule has 0 saturated carbocycles. The molecule has 0 fully saturated rings. The highest BCUT2D eigenvalue weighted by Crippen LogP contribution is 2.36. The van der Waals surface area contributed by atoms with E-state index in [1.54, 1.807) is 6.07 Å². The zero-order chi connectivity index (χ0) is 16.5. The molecule has 1 aromatic heterocycles. The van der Waals surface area contributed by atoms with E-state index in [1.807, 2.05) is 72.8 Å². The SMILES string of the molecule is O=c1oc2ccc(S)cc2c(-c2ccccc2)c1-c1ccccc1. The highest BCUT2D eigenvalue weighted by Gasteiger charge is 2.17. The highest BCUT2D eigenvalue weighted by molar-refractivity contribution is 7.80. The van der Waals surface area contributed by atoms with Crippen molar-refractivity contribution in [2.24, 2.45) is 0 Å². The lowest BCUT2D eigenvalue weighted by Gasteiger charge is -2.12. The second-order valence-corrected chi connectivity index (χ2v) is 6.07. The maximum atomic E-state index is 12.7. The van der Waals surface area contributed by atoms with Gasteiger partial charge in [-0.25, -0.2) is 4.79 Å². The summed E-state index contributed by atoms with van der Waals surface area (Å²) in [7, 11) is 0. The van der Waals surface area contributed by atoms with Crippen LogP contribution >= 0.6 is 12.6 Å². The van der Waals surface area contributed by atoms with E-state index in [0.717, 1.165) is 27.0 Å². The van der Waals surface area contributed by atoms with Gasteiger partial charge in [0.05, 0.1) is 5.56 Å². The van der Waals surface area contributed by atoms with E-state index < -0.39 is 0 Å². The summed E-state index contributed by atoms with van der Waals surface area (Å²) in [5.41, 5.74) is 3.51. The summed E-state index contributed by atoms with van der Waals surface area (Å²) in [5, 5.41) is 0.882. The Kier molecular flexibility index (Phi) is 3.71. The van der Waals surface area contributed by atoms with Crippen LogP contribution in [0.15, 0.2) is 93.0 Å². The van der Waals surface area contributed by atoms with Crippen LogP contribution in [-0.4, -0.2) is 0 Å². The van der Waals surface area contributed by atoms with Gasteiger partial charge in [-0.3, -0.25) is 0 Å². The molecule has 3 heteroatoms. The van der Waals surface area contributed by atoms with Crippen molar-refractivity contribution in [3.63, 3.8) is 0 Å². The minimum Gasteiger partial charge on any atom is -0.422 e. The monoisotopic (exact) mass is 330 g/mol. The molecule has 116 valence electrons. The molecule has 0 N–H and O–H groups in total. The molecule has 4 aromatic rings. The first-order valence-electron chi connectivity index (χ1n) is 7.65. The van der Waals surface area contributed by atoms with Gasteiger partial charge in [0.25, 0.3) is 0 Å². The molecular weight excluding hydrogens is 316 g/mol. The van der Waals surface area contributed by atoms with Gasteiger partial charge in [0, 0.05) is 15.8 Å². The van der Waals surface area contributed by atoms with E-state index in [4.69, 9.17) is 4.42 Å². The van der Waals surface area contributed by atoms with Crippen molar-refractivity contribution >= 4 is 23.6 Å². The quantitative estimate of drug-likeness (QED) is 0.393. The van der Waals surface area contributed by atoms with Crippen molar-refractivity contribution in [1.29, 1.82) is 0 Å². The van der Waals surface area contributed by atoms with Crippen LogP contribution in [0.25, 0.3) is 33.2 Å². The Labute approximate surface area is 144 Å². The van der Waals surface area contributed by atoms with Crippen molar-refractivity contribution in [3.8, 4) is 22.3 Å². The second kappa shape index (κ2) is 6.02. The molecule has 0 spiro atoms. The fourth-order valence-electron chi connectivity index (χ4n) is 2.96. The van der Waals surface area contributed by atoms with Crippen LogP contribution in [-0.2, 0) is 0 Å². The lowest BCUT2D eigenvalue weighted by atomic mass is 9.93. The number of benzene rings is 3. The number of thiol groups is 1. The summed E-state index contributed by atoms with van der Waals surface area (Å²) in [4.78, 5) is 13.6. The lowest BCUT2D eigenvalue weighted by molar-refractivity contribution is 0.564. The largest absolute Gasteiger partial charge is 0.422 e. The van der Waals surface area contributed by atoms with Crippen LogP contribution < -0.4 is 5.63 Å². The molecule has 0 saturated heterocycles. The molecule has 3 aromatic carbocycles. The maximum absolute atomic E-state index is 12.7. The fourth-order valence-corrected chi connectivity index (χ4v) is 3.17. The summed E-state index contributed by atoms with van der Waals surface area (Å²) in [5.74, 6) is 0. The predicted octanol–water partition coefficient (Wildman–Crippen LogP) is 5.42. The molecule has 4 rings (SSSR count). The Balaban J connectivity index is 2.19. The first kappa shape index (κ1) is 14.8. The zero-order valence-electron chi connectivity index (χ0n) is 12.8. The Morgan fingerprint density at radius 1 is 0.708 bits per heavy atom. The lowest BCUT2D eigenvalue weighted by Crippen LogP contribution is -2.06. The molecule has 1 heterocycles. The van der Waals surface area contributed by atoms with Gasteiger partial charge in [0.15, 0.2) is 0 Å². The average Bonchev–Trinajstić information content (AvgIpc) is 2.62. The van der Waals surface area contributed by atoms with Gasteiger partial charge < -0.3 is 4.42 Å². The summed E-state index contributed by atoms with van der Waals surface area (Å²) >= 11 is 4.45. The third-order valence-corrected chi connectivity index (χ3v) is 4.29. The molecule has 0 atom stereocenters. The van der Waals surface area contributed by atoms with E-state index in [2.05, 4.69) is 12.6 Å². The first-order chi connectivity index (χ1) is 11.7. The van der Waals surface area contributed by atoms with Gasteiger partial charge in [0.1, 0.15) is 5.58 Å². The second-order valence-electron chi connectivity index (χ2n) is 5.55. The predicted molar refractivity (Wildman–Crippen MR) is 101 cm³/mol. The molecule has 0 amide bonds. The third kappa shape index (κ3) is 2.53. The minimum atomic E-state index is -0.334. The standard InChI is InChI=1S/C21H14O2S/c22-21-20(15-9-5-2-6-10-15)19(14-7-3-1-4-8-14)17-13-16(24)11-12-18(17)23-21/h1-13,24H. The van der Waals surface area contributed by atoms with Crippen LogP contribution in [0.4, 0.5) is 0 Å². The van der Waals surface area contributed by atoms with Crippen LogP contribution in [0, 0.1) is 0 Å². The maximum Gasteiger partial charge on any atom is 0.344 e. The molecule has 24 heavy (non-hydrogen) atoms. The Hall–Kier alpha value is -2.78. The van der Waals surface area contributed by atoms with E-state index in [9.17, 15) is 4.79 Å². The fraction of sp³-hybridized carbons (Fsp3) is 0. The van der Waals surface area contributed by atoms with E-state index >= 15 is 0 Å². The molecule has 0 bridgehead atoms. The van der Waals surface area contributed by atoms with Crippen molar-refractivity contribution in [3.05, 3.63) is 89.3 Å². The van der Waals surface area contributed by atoms with Crippen LogP contribution in [0.5, 0.6) is 0 Å². The molecule has 0 unspecified atom stereocenters. The summed E-state index contributed by atoms with van der Waals surface area (Å²) < 4.78 is 5.57. The normalized spacial score (nSPS) is 10.9. The van der Waals surface area contributed by atoms with E-state index in [-0.39, 0.29) is 5.63 Å². The van der Waals surface area contributed by atoms with Gasteiger partial charge in [0.2, 0.25) is 0 Å². The average molecular weight is 330 g/mol. The van der Waals surface area contributed by atoms with Crippen LogP contribution in [0.3, 0.4) is 0 Å².